The maximum absolute atomic E-state index is 12.8. The lowest BCUT2D eigenvalue weighted by molar-refractivity contribution is -0.192. The zero-order valence-corrected chi connectivity index (χ0v) is 23.0. The molecule has 9 nitrogen and oxygen atoms in total. The van der Waals surface area contributed by atoms with Crippen LogP contribution >= 0.6 is 11.6 Å². The Bertz CT molecular complexity index is 1550. The molecule has 1 aromatic heterocycles. The molecule has 4 aromatic rings. The first-order chi connectivity index (χ1) is 19.3. The number of sulfonamides is 1. The molecular formula is C27H24ClF3N4O5S. The number of ether oxygens (including phenoxy) is 1. The van der Waals surface area contributed by atoms with Crippen LogP contribution in [0.5, 0.6) is 11.5 Å². The summed E-state index contributed by atoms with van der Waals surface area (Å²) in [5.41, 5.74) is 3.11. The first-order valence-corrected chi connectivity index (χ1v) is 13.6. The predicted molar refractivity (Wildman–Crippen MR) is 146 cm³/mol. The molecule has 0 spiro atoms. The van der Waals surface area contributed by atoms with Crippen molar-refractivity contribution < 1.29 is 36.2 Å². The molecule has 0 fully saturated rings. The van der Waals surface area contributed by atoms with Crippen molar-refractivity contribution in [3.63, 3.8) is 0 Å². The van der Waals surface area contributed by atoms with E-state index in [1.807, 2.05) is 6.92 Å². The number of hydrogen-bond donors (Lipinski definition) is 3. The third-order valence-electron chi connectivity index (χ3n) is 5.08. The second kappa shape index (κ2) is 13.9. The molecule has 0 aliphatic carbocycles. The number of hydrogen-bond acceptors (Lipinski definition) is 7. The van der Waals surface area contributed by atoms with E-state index in [2.05, 4.69) is 20.0 Å². The molecule has 0 amide bonds. The van der Waals surface area contributed by atoms with E-state index in [1.54, 1.807) is 85.2 Å². The molecule has 0 saturated heterocycles. The van der Waals surface area contributed by atoms with Gasteiger partial charge in [0.15, 0.2) is 0 Å². The number of nitrogens with zero attached hydrogens (tertiary/aromatic N) is 2. The fourth-order valence-electron chi connectivity index (χ4n) is 3.10. The Labute approximate surface area is 239 Å². The zero-order chi connectivity index (χ0) is 30.0. The highest BCUT2D eigenvalue weighted by Gasteiger charge is 2.38. The van der Waals surface area contributed by atoms with Crippen LogP contribution in [0.2, 0.25) is 5.02 Å². The normalized spacial score (nSPS) is 11.2. The largest absolute Gasteiger partial charge is 0.490 e. The number of alkyl halides is 3. The van der Waals surface area contributed by atoms with E-state index in [0.29, 0.717) is 35.3 Å². The average molecular weight is 609 g/mol. The molecule has 0 bridgehead atoms. The third kappa shape index (κ3) is 10.4. The highest BCUT2D eigenvalue weighted by molar-refractivity contribution is 7.92. The zero-order valence-electron chi connectivity index (χ0n) is 21.4. The third-order valence-corrected chi connectivity index (χ3v) is 6.72. The van der Waals surface area contributed by atoms with E-state index >= 15 is 0 Å². The fraction of sp³-hybridized carbons (Fsp3) is 0.148. The van der Waals surface area contributed by atoms with Crippen LogP contribution in [0.25, 0.3) is 0 Å². The Hall–Kier alpha value is -4.20. The minimum atomic E-state index is -5.08. The van der Waals surface area contributed by atoms with Gasteiger partial charge in [-0.1, -0.05) is 29.8 Å². The minimum Gasteiger partial charge on any atom is -0.475 e. The lowest BCUT2D eigenvalue weighted by atomic mass is 10.2. The first-order valence-electron chi connectivity index (χ1n) is 11.8. The minimum absolute atomic E-state index is 0.180. The summed E-state index contributed by atoms with van der Waals surface area (Å²) in [6.45, 7) is 3.05. The number of benzene rings is 3. The number of carboxylic acids is 1. The molecule has 0 radical (unpaired) electrons. The number of rotatable bonds is 9. The summed E-state index contributed by atoms with van der Waals surface area (Å²) in [4.78, 5) is 17.6. The van der Waals surface area contributed by atoms with Gasteiger partial charge < -0.3 is 15.2 Å². The maximum Gasteiger partial charge on any atom is 0.490 e. The first kappa shape index (κ1) is 31.3. The van der Waals surface area contributed by atoms with Crippen LogP contribution in [0.3, 0.4) is 0 Å². The highest BCUT2D eigenvalue weighted by atomic mass is 35.5. The summed E-state index contributed by atoms with van der Waals surface area (Å²) >= 11 is 5.97. The molecule has 14 heteroatoms. The molecule has 4 rings (SSSR count). The molecule has 0 aliphatic heterocycles. The van der Waals surface area contributed by atoms with Crippen molar-refractivity contribution in [3.05, 3.63) is 107 Å². The quantitative estimate of drug-likeness (QED) is 0.212. The smallest absolute Gasteiger partial charge is 0.475 e. The summed E-state index contributed by atoms with van der Waals surface area (Å²) in [6, 6.07) is 20.4. The van der Waals surface area contributed by atoms with Gasteiger partial charge in [-0.2, -0.15) is 13.2 Å². The number of aromatic nitrogens is 2. The van der Waals surface area contributed by atoms with Crippen LogP contribution in [0.15, 0.2) is 90.1 Å². The summed E-state index contributed by atoms with van der Waals surface area (Å²) < 4.78 is 65.6. The molecule has 0 atom stereocenters. The van der Waals surface area contributed by atoms with Crippen molar-refractivity contribution in [2.24, 2.45) is 0 Å². The van der Waals surface area contributed by atoms with Crippen molar-refractivity contribution in [3.8, 4) is 11.5 Å². The Morgan fingerprint density at radius 2 is 1.61 bits per heavy atom. The van der Waals surface area contributed by atoms with E-state index in [0.717, 1.165) is 17.0 Å². The van der Waals surface area contributed by atoms with Gasteiger partial charge >= 0.3 is 12.1 Å². The molecular weight excluding hydrogens is 585 g/mol. The molecule has 3 aromatic carbocycles. The van der Waals surface area contributed by atoms with Gasteiger partial charge in [0.05, 0.1) is 16.3 Å². The average Bonchev–Trinajstić information content (AvgIpc) is 2.91. The van der Waals surface area contributed by atoms with E-state index < -0.39 is 22.2 Å². The Kier molecular flexibility index (Phi) is 10.6. The molecule has 0 unspecified atom stereocenters. The fourth-order valence-corrected chi connectivity index (χ4v) is 4.34. The van der Waals surface area contributed by atoms with Gasteiger partial charge in [-0.05, 0) is 67.1 Å². The standard InChI is InChI=1S/C25H23ClN4O3S.C2HF3O2/c1-18-14-29-22(17-28-18)16-27-15-19-5-11-25(12-6-19)34(31,32)30-21-7-9-23(10-8-21)33-24-4-2-3-20(26)13-24;3-2(4,5)1(6)7/h2-14,17,27,30H,15-16H2,1H3;(H,6,7). The van der Waals surface area contributed by atoms with Gasteiger partial charge in [0.2, 0.25) is 0 Å². The van der Waals surface area contributed by atoms with Gasteiger partial charge in [-0.15, -0.1) is 0 Å². The topological polar surface area (TPSA) is 131 Å². The predicted octanol–water partition coefficient (Wildman–Crippen LogP) is 5.95. The number of anilines is 1. The van der Waals surface area contributed by atoms with Crippen molar-refractivity contribution >= 4 is 33.3 Å². The van der Waals surface area contributed by atoms with Gasteiger partial charge in [0, 0.05) is 36.2 Å². The SMILES string of the molecule is Cc1cnc(CNCc2ccc(S(=O)(=O)Nc3ccc(Oc4cccc(Cl)c4)cc3)cc2)cn1.O=C(O)C(F)(F)F. The van der Waals surface area contributed by atoms with Crippen LogP contribution < -0.4 is 14.8 Å². The Morgan fingerprint density at radius 3 is 2.17 bits per heavy atom. The summed E-state index contributed by atoms with van der Waals surface area (Å²) in [7, 11) is -3.72. The Balaban J connectivity index is 0.000000587. The molecule has 3 N–H and O–H groups in total. The number of nitrogens with one attached hydrogen (secondary N) is 2. The van der Waals surface area contributed by atoms with Crippen LogP contribution in [0, 0.1) is 6.92 Å². The van der Waals surface area contributed by atoms with Crippen molar-refractivity contribution in [2.45, 2.75) is 31.1 Å². The monoisotopic (exact) mass is 608 g/mol. The van der Waals surface area contributed by atoms with Crippen LogP contribution in [0.1, 0.15) is 17.0 Å². The van der Waals surface area contributed by atoms with Crippen LogP contribution in [-0.2, 0) is 27.9 Å². The van der Waals surface area contributed by atoms with Crippen LogP contribution in [-0.4, -0.2) is 35.6 Å². The molecule has 0 aliphatic rings. The number of halogens is 4. The number of carbonyl (C=O) groups is 1. The van der Waals surface area contributed by atoms with Gasteiger partial charge in [0.25, 0.3) is 10.0 Å². The molecule has 216 valence electrons. The van der Waals surface area contributed by atoms with Crippen molar-refractivity contribution in [1.82, 2.24) is 15.3 Å². The van der Waals surface area contributed by atoms with E-state index in [4.69, 9.17) is 26.2 Å². The molecule has 1 heterocycles. The Morgan fingerprint density at radius 1 is 0.951 bits per heavy atom. The van der Waals surface area contributed by atoms with E-state index in [-0.39, 0.29) is 4.90 Å². The number of aryl methyl sites for hydroxylation is 1. The van der Waals surface area contributed by atoms with E-state index in [1.165, 1.54) is 0 Å². The summed E-state index contributed by atoms with van der Waals surface area (Å²) in [5.74, 6) is -1.59. The maximum atomic E-state index is 12.8. The lowest BCUT2D eigenvalue weighted by Crippen LogP contribution is -2.21. The lowest BCUT2D eigenvalue weighted by Gasteiger charge is -2.11. The van der Waals surface area contributed by atoms with Gasteiger partial charge in [-0.25, -0.2) is 13.2 Å². The molecule has 41 heavy (non-hydrogen) atoms. The second-order valence-corrected chi connectivity index (χ2v) is 10.5. The van der Waals surface area contributed by atoms with Crippen LogP contribution in [0.4, 0.5) is 18.9 Å². The van der Waals surface area contributed by atoms with E-state index in [9.17, 15) is 21.6 Å². The molecule has 0 saturated carbocycles. The van der Waals surface area contributed by atoms with Crippen molar-refractivity contribution in [2.75, 3.05) is 4.72 Å². The second-order valence-electron chi connectivity index (χ2n) is 8.39. The van der Waals surface area contributed by atoms with Gasteiger partial charge in [0.1, 0.15) is 11.5 Å². The highest BCUT2D eigenvalue weighted by Crippen LogP contribution is 2.26. The van der Waals surface area contributed by atoms with Crippen molar-refractivity contribution in [1.29, 1.82) is 0 Å². The van der Waals surface area contributed by atoms with Gasteiger partial charge in [-0.3, -0.25) is 14.7 Å². The number of aliphatic carboxylic acids is 1. The summed E-state index contributed by atoms with van der Waals surface area (Å²) in [5, 5.41) is 11.0. The number of carboxylic acid groups (broad SMARTS) is 1. The summed E-state index contributed by atoms with van der Waals surface area (Å²) in [6.07, 6.45) is -1.62.